The fourth-order valence-electron chi connectivity index (χ4n) is 14.6. The van der Waals surface area contributed by atoms with Crippen LogP contribution in [-0.4, -0.2) is 195 Å². The van der Waals surface area contributed by atoms with E-state index in [2.05, 4.69) is 111 Å². The third-order valence-corrected chi connectivity index (χ3v) is 24.4. The number of pyridine rings is 10. The van der Waals surface area contributed by atoms with Crippen LogP contribution >= 0.6 is 11.6 Å². The fourth-order valence-corrected chi connectivity index (χ4v) is 17.4. The summed E-state index contributed by atoms with van der Waals surface area (Å²) in [6.45, 7) is 19.3. The maximum atomic E-state index is 13.2. The van der Waals surface area contributed by atoms with Crippen molar-refractivity contribution in [2.45, 2.75) is 113 Å². The van der Waals surface area contributed by atoms with Crippen LogP contribution in [0.3, 0.4) is 0 Å². The second-order valence-electron chi connectivity index (χ2n) is 31.5. The average Bonchev–Trinajstić information content (AvgIpc) is 1.58. The van der Waals surface area contributed by atoms with Crippen LogP contribution in [0.2, 0.25) is 5.15 Å². The van der Waals surface area contributed by atoms with Crippen molar-refractivity contribution in [2.24, 2.45) is 5.92 Å². The predicted molar refractivity (Wildman–Crippen MR) is 501 cm³/mol. The number of carbonyl (C=O) groups excluding carboxylic acids is 5. The number of anilines is 10. The molecule has 5 fully saturated rings. The molecule has 8 N–H and O–H groups in total. The van der Waals surface area contributed by atoms with Gasteiger partial charge in [0.15, 0.2) is 5.15 Å². The van der Waals surface area contributed by atoms with E-state index < -0.39 is 20.4 Å². The van der Waals surface area contributed by atoms with Gasteiger partial charge in [-0.2, -0.15) is 31.0 Å². The number of ketones is 1. The number of Topliss-reactive ketones (excluding diaryl/α,β-unsaturated/α-hetero) is 1. The van der Waals surface area contributed by atoms with Gasteiger partial charge in [0.05, 0.1) is 53.2 Å². The van der Waals surface area contributed by atoms with E-state index in [9.17, 15) is 40.8 Å². The van der Waals surface area contributed by atoms with Gasteiger partial charge in [0, 0.05) is 181 Å². The van der Waals surface area contributed by atoms with Crippen molar-refractivity contribution in [1.82, 2.24) is 88.3 Å². The van der Waals surface area contributed by atoms with Crippen molar-refractivity contribution in [3.05, 3.63) is 229 Å². The molecule has 2 aliphatic heterocycles. The highest BCUT2D eigenvalue weighted by Gasteiger charge is 2.60. The highest BCUT2D eigenvalue weighted by Crippen LogP contribution is 2.60. The highest BCUT2D eigenvalue weighted by atomic mass is 35.5. The van der Waals surface area contributed by atoms with E-state index in [1.54, 1.807) is 142 Å². The Morgan fingerprint density at radius 1 is 0.565 bits per heavy atom. The normalized spacial score (nSPS) is 15.2. The van der Waals surface area contributed by atoms with E-state index in [1.165, 1.54) is 29.4 Å². The maximum absolute atomic E-state index is 13.2. The van der Waals surface area contributed by atoms with Crippen molar-refractivity contribution in [2.75, 3.05) is 94.4 Å². The Balaban J connectivity index is 0.000000139. The van der Waals surface area contributed by atoms with E-state index in [0.29, 0.717) is 144 Å². The van der Waals surface area contributed by atoms with Gasteiger partial charge in [0.1, 0.15) is 69.7 Å². The molecule has 4 amide bonds. The summed E-state index contributed by atoms with van der Waals surface area (Å²) in [5, 5.41) is 21.7. The number of aryl methyl sites for hydroxylation is 4. The van der Waals surface area contributed by atoms with Gasteiger partial charge in [-0.1, -0.05) is 11.6 Å². The molecular formula is C91H99ClN26O11S2. The molecule has 0 atom stereocenters. The molecule has 3 saturated carbocycles. The van der Waals surface area contributed by atoms with Gasteiger partial charge in [-0.3, -0.25) is 43.0 Å². The summed E-state index contributed by atoms with van der Waals surface area (Å²) >= 11 is 6.13. The quantitative estimate of drug-likeness (QED) is 0.0276. The molecule has 37 nitrogen and oxygen atoms in total. The first-order chi connectivity index (χ1) is 62.7. The lowest BCUT2D eigenvalue weighted by Crippen LogP contribution is -2.68. The lowest BCUT2D eigenvalue weighted by atomic mass is 9.49. The molecule has 678 valence electrons. The average molecular weight is 1830 g/mol. The highest BCUT2D eigenvalue weighted by molar-refractivity contribution is 7.91. The molecule has 2 bridgehead atoms. The first-order valence-corrected chi connectivity index (χ1v) is 45.1. The number of halogens is 1. The zero-order valence-electron chi connectivity index (χ0n) is 74.1. The van der Waals surface area contributed by atoms with Crippen LogP contribution in [0.5, 0.6) is 5.75 Å². The Morgan fingerprint density at radius 3 is 1.54 bits per heavy atom. The fraction of sp³-hybridized carbons (Fsp3) is 0.286. The summed E-state index contributed by atoms with van der Waals surface area (Å²) in [5.74, 6) is 7.10. The van der Waals surface area contributed by atoms with Crippen LogP contribution in [-0.2, 0) is 50.8 Å². The lowest BCUT2D eigenvalue weighted by molar-refractivity contribution is -0.116. The van der Waals surface area contributed by atoms with Crippen LogP contribution in [0.1, 0.15) is 106 Å². The number of nitrogens with zero attached hydrogens (tertiary/aromatic N) is 18. The smallest absolute Gasteiger partial charge is 0.301 e. The van der Waals surface area contributed by atoms with Crippen LogP contribution < -0.4 is 50.4 Å². The molecule has 0 unspecified atom stereocenters. The Kier molecular flexibility index (Phi) is 30.4. The summed E-state index contributed by atoms with van der Waals surface area (Å²) in [5.41, 5.74) is 13.1. The standard InChI is InChI=1S/C20H18N6O.C20H23N5O2.C19H21N5O.C17H21N5O4S.C15H16ClN5O3S/c1-13(27)9-16-10-17(12-26-18(16)4-8-23-26)15-3-6-22-20(11-15)25-19-5-7-21-14(2)24-19;1-12(26)24-17-7-14(4-5-22-17)15-6-16(18(21-2)23-11-15)19(27)25(3)20-8-13(9-20)10-20;1-12(2)25-17-9-16(11-22-13(17)3)15-5-7-21-19(10-15)24-18-6-8-20-14(4)23-18;1-12-16(21-27(24,25)22-5-7-26-8-6-22)9-15(11-19-12)14-3-4-18-17(10-14)20-13(2)23;1-10(22)20-14-8-11(3-5-17-14)12-7-13(15(16)18-9-12)21-6-2-4-19-25(21,23)24/h3-8,10-12H,9H2,1-2H3,(H,21,22,24,25);4-7,11,13H,8-10H2,1-3H3,(H,21,23)(H,22,24,26);5-12H,1-4H3,(H,20,21,23,24);3-4,9-11,21H,5-8H2,1-2H3,(H,18,20,23);3,5,7-9,19H,2,4,6H2,1H3,(H,17,20,22). The van der Waals surface area contributed by atoms with E-state index in [1.807, 2.05) is 120 Å². The number of hydrogen-bond donors (Lipinski definition) is 8. The Hall–Kier alpha value is -14.4. The first kappa shape index (κ1) is 94.2. The van der Waals surface area contributed by atoms with Gasteiger partial charge < -0.3 is 46.3 Å². The van der Waals surface area contributed by atoms with Gasteiger partial charge in [-0.25, -0.2) is 59.3 Å². The van der Waals surface area contributed by atoms with Crippen molar-refractivity contribution < 1.29 is 50.3 Å². The number of rotatable bonds is 23. The van der Waals surface area contributed by atoms with Gasteiger partial charge in [-0.15, -0.1) is 0 Å². The van der Waals surface area contributed by atoms with Crippen molar-refractivity contribution >= 4 is 125 Å². The van der Waals surface area contributed by atoms with E-state index in [0.717, 1.165) is 92.2 Å². The first-order valence-electron chi connectivity index (χ1n) is 41.8. The van der Waals surface area contributed by atoms with Gasteiger partial charge >= 0.3 is 20.4 Å². The summed E-state index contributed by atoms with van der Waals surface area (Å²) in [6.07, 6.45) is 26.6. The number of aromatic nitrogens is 15. The minimum Gasteiger partial charge on any atom is -0.489 e. The van der Waals surface area contributed by atoms with E-state index >= 15 is 0 Å². The summed E-state index contributed by atoms with van der Waals surface area (Å²) in [7, 11) is -3.66. The zero-order chi connectivity index (χ0) is 93.3. The largest absolute Gasteiger partial charge is 0.489 e. The number of fused-ring (bicyclic) bond motifs is 1. The molecule has 40 heteroatoms. The number of amides is 4. The molecule has 15 heterocycles. The molecule has 0 radical (unpaired) electrons. The number of morpholine rings is 1. The molecule has 18 rings (SSSR count). The third kappa shape index (κ3) is 24.7. The molecule has 3 aliphatic carbocycles. The Bertz CT molecular complexity index is 6610. The molecule has 0 spiro atoms. The number of hydrogen-bond acceptors (Lipinski definition) is 28. The van der Waals surface area contributed by atoms with E-state index in [4.69, 9.17) is 21.1 Å². The summed E-state index contributed by atoms with van der Waals surface area (Å²) in [6, 6.07) is 33.1. The second kappa shape index (κ2) is 42.2. The third-order valence-electron chi connectivity index (χ3n) is 21.1. The van der Waals surface area contributed by atoms with Gasteiger partial charge in [0.25, 0.3) is 5.91 Å². The number of ether oxygens (including phenoxy) is 2. The van der Waals surface area contributed by atoms with Crippen LogP contribution in [0, 0.1) is 33.6 Å². The van der Waals surface area contributed by atoms with Crippen LogP contribution in [0.25, 0.3) is 61.2 Å². The number of nitrogens with one attached hydrogen (secondary N) is 8. The van der Waals surface area contributed by atoms with Gasteiger partial charge in [-0.05, 0) is 223 Å². The van der Waals surface area contributed by atoms with Crippen LogP contribution in [0.15, 0.2) is 190 Å². The lowest BCUT2D eigenvalue weighted by Gasteiger charge is -2.65. The van der Waals surface area contributed by atoms with Crippen molar-refractivity contribution in [3.63, 3.8) is 0 Å². The van der Waals surface area contributed by atoms with Crippen molar-refractivity contribution in [3.8, 4) is 61.4 Å². The summed E-state index contributed by atoms with van der Waals surface area (Å²) < 4.78 is 70.2. The molecule has 13 aromatic heterocycles. The molecule has 5 aliphatic rings. The molecule has 0 aromatic carbocycles. The van der Waals surface area contributed by atoms with Crippen LogP contribution in [0.4, 0.5) is 57.9 Å². The Morgan fingerprint density at radius 2 is 1.05 bits per heavy atom. The second-order valence-corrected chi connectivity index (χ2v) is 35.2. The SMILES string of the molecule is CC(=O)Cc1cc(-c2ccnc(Nc3ccnc(C)n3)c2)cn2nccc12.CC(=O)Nc1cc(-c2cnc(C)c(NS(=O)(=O)N3CCOCC3)c2)ccn1.CC(=O)Nc1cc(-c2cnc(Cl)c(N3CCCNS3(=O)=O)c2)ccn1.CNc1ncc(-c2ccnc(NC(C)=O)c2)cc1C(=O)N(C)C12CC(C1)C2.Cc1nccc(Nc2cc(-c3cnc(C)c(OC(C)C)c3)ccn2)n1. The van der Waals surface area contributed by atoms with Crippen molar-refractivity contribution in [1.29, 1.82) is 0 Å². The molecule has 2 saturated heterocycles. The monoisotopic (exact) mass is 1830 g/mol. The predicted octanol–water partition coefficient (Wildman–Crippen LogP) is 13.4. The van der Waals surface area contributed by atoms with E-state index in [-0.39, 0.29) is 46.2 Å². The Labute approximate surface area is 762 Å². The molecule has 131 heavy (non-hydrogen) atoms. The summed E-state index contributed by atoms with van der Waals surface area (Å²) in [4.78, 5) is 116. The minimum atomic E-state index is -3.69. The minimum absolute atomic E-state index is 0.0111. The number of carbonyl (C=O) groups is 5. The topological polar surface area (TPSA) is 463 Å². The maximum Gasteiger partial charge on any atom is 0.301 e. The molecule has 13 aromatic rings. The molecular weight excluding hydrogens is 1730 g/mol. The zero-order valence-corrected chi connectivity index (χ0v) is 76.5. The van der Waals surface area contributed by atoms with Gasteiger partial charge in [0.2, 0.25) is 17.7 Å².